The molecule has 17 heteroatoms. The maximum atomic E-state index is 14.6. The van der Waals surface area contributed by atoms with Crippen molar-refractivity contribution in [2.45, 2.75) is 103 Å². The second-order valence-electron chi connectivity index (χ2n) is 17.3. The van der Waals surface area contributed by atoms with E-state index in [0.29, 0.717) is 71.9 Å². The van der Waals surface area contributed by atoms with E-state index in [0.717, 1.165) is 111 Å². The highest BCUT2D eigenvalue weighted by molar-refractivity contribution is 8.14. The van der Waals surface area contributed by atoms with Gasteiger partial charge in [0.1, 0.15) is 0 Å². The Kier molecular flexibility index (Phi) is 15.8. The van der Waals surface area contributed by atoms with E-state index in [4.69, 9.17) is 10.8 Å². The van der Waals surface area contributed by atoms with Crippen LogP contribution in [-0.4, -0.2) is 113 Å². The van der Waals surface area contributed by atoms with Crippen molar-refractivity contribution in [1.82, 2.24) is 30.2 Å². The Morgan fingerprint density at radius 3 is 2.48 bits per heavy atom. The molecule has 0 saturated carbocycles. The summed E-state index contributed by atoms with van der Waals surface area (Å²) in [5, 5.41) is 15.8. The molecule has 1 saturated heterocycles. The van der Waals surface area contributed by atoms with Crippen LogP contribution >= 0.6 is 11.8 Å². The number of carbonyl (C=O) groups is 3. The van der Waals surface area contributed by atoms with Crippen LogP contribution in [-0.2, 0) is 29.0 Å². The van der Waals surface area contributed by atoms with Gasteiger partial charge in [-0.25, -0.2) is 8.78 Å². The minimum absolute atomic E-state index is 0.00608. The maximum absolute atomic E-state index is 14.6. The first-order valence-corrected chi connectivity index (χ1v) is 23.6. The Balaban J connectivity index is 0.879. The van der Waals surface area contributed by atoms with Gasteiger partial charge in [0, 0.05) is 117 Å². The molecule has 4 aliphatic rings. The number of halogens is 2. The van der Waals surface area contributed by atoms with Gasteiger partial charge < -0.3 is 31.5 Å². The van der Waals surface area contributed by atoms with Crippen LogP contribution in [0.15, 0.2) is 46.5 Å². The fraction of sp³-hybridized carbons (Fsp3) is 0.532. The van der Waals surface area contributed by atoms with Crippen molar-refractivity contribution in [1.29, 1.82) is 0 Å². The Bertz CT molecular complexity index is 2270. The average Bonchev–Trinajstić information content (AvgIpc) is 3.88. The molecule has 5 heterocycles. The third-order valence-corrected chi connectivity index (χ3v) is 13.7. The van der Waals surface area contributed by atoms with Crippen LogP contribution < -0.4 is 26.6 Å². The number of nitrogens with zero attached hydrogens (tertiary/aromatic N) is 7. The van der Waals surface area contributed by atoms with Gasteiger partial charge in [0.05, 0.1) is 25.7 Å². The van der Waals surface area contributed by atoms with Crippen molar-refractivity contribution in [2.75, 3.05) is 69.6 Å². The molecule has 2 aromatic carbocycles. The molecule has 3 aromatic rings. The first-order valence-electron chi connectivity index (χ1n) is 22.7. The second-order valence-corrected chi connectivity index (χ2v) is 18.7. The Labute approximate surface area is 379 Å². The van der Waals surface area contributed by atoms with Crippen molar-refractivity contribution in [3.63, 3.8) is 0 Å². The fourth-order valence-corrected chi connectivity index (χ4v) is 10.1. The van der Waals surface area contributed by atoms with Gasteiger partial charge in [0.2, 0.25) is 11.8 Å². The van der Waals surface area contributed by atoms with Crippen molar-refractivity contribution in [2.24, 2.45) is 15.7 Å². The number of carbonyl (C=O) groups excluding carboxylic acids is 3. The number of hydrogen-bond donors (Lipinski definition) is 4. The smallest absolute Gasteiger partial charge is 0.264 e. The highest BCUT2D eigenvalue weighted by Gasteiger charge is 2.35. The standard InChI is InChI=1S/C47H63F2N11O3S/c1-30-22-35(11-12-37(30)46(63)55-47-54-26-31(2)64-47)52-16-7-5-6-8-17-53-43(62)29-57-19-13-36(14-20-57)60-41-15-21-58(32(3)61)28-40(41)45(56-60)59-18-9-10-33-23-38(34(25-50)27-51-4)39(44(48)49)24-42(33)59/h11-12,22-25,27,31,36,44,52H,5-10,13-21,26,28-29,50H2,1-4H3,(H,53,62)(H,54,55,63). The average molecular weight is 900 g/mol. The minimum atomic E-state index is -2.72. The number of nitrogens with two attached hydrogens (primary N) is 1. The molecular formula is C47H63F2N11O3S. The molecule has 1 unspecified atom stereocenters. The van der Waals surface area contributed by atoms with Gasteiger partial charge in [0.15, 0.2) is 11.0 Å². The SMILES string of the molecule is CN=CC(=CN)c1cc2c(cc1C(F)F)N(c1nn(C3CCN(CC(=O)NCCCCCCNc4ccc(C(=O)NC5=NCC(C)S5)c(C)c4)CC3)c3c1CN(C(C)=O)CC3)CCC2. The molecule has 7 rings (SSSR count). The molecule has 0 radical (unpaired) electrons. The van der Waals surface area contributed by atoms with Crippen LogP contribution in [0.1, 0.15) is 115 Å². The van der Waals surface area contributed by atoms with Gasteiger partial charge in [-0.2, -0.15) is 5.10 Å². The molecule has 0 spiro atoms. The number of hydrogen-bond acceptors (Lipinski definition) is 11. The monoisotopic (exact) mass is 899 g/mol. The number of likely N-dealkylation sites (tertiary alicyclic amines) is 1. The number of fused-ring (bicyclic) bond motifs is 2. The van der Waals surface area contributed by atoms with Crippen LogP contribution in [0.2, 0.25) is 0 Å². The second kappa shape index (κ2) is 21.6. The lowest BCUT2D eigenvalue weighted by atomic mass is 9.92. The normalized spacial score (nSPS) is 18.3. The molecule has 3 amide bonds. The fourth-order valence-electron chi connectivity index (χ4n) is 9.24. The van der Waals surface area contributed by atoms with Crippen LogP contribution in [0.5, 0.6) is 0 Å². The summed E-state index contributed by atoms with van der Waals surface area (Å²) in [6.45, 7) is 11.3. The van der Waals surface area contributed by atoms with Crippen LogP contribution in [0.3, 0.4) is 0 Å². The first-order chi connectivity index (χ1) is 30.9. The lowest BCUT2D eigenvalue weighted by Gasteiger charge is -2.33. The van der Waals surface area contributed by atoms with Gasteiger partial charge in [-0.3, -0.25) is 34.0 Å². The van der Waals surface area contributed by atoms with Gasteiger partial charge >= 0.3 is 0 Å². The van der Waals surface area contributed by atoms with Crippen LogP contribution in [0.4, 0.5) is 26.0 Å². The number of anilines is 3. The molecule has 5 N–H and O–H groups in total. The van der Waals surface area contributed by atoms with E-state index in [-0.39, 0.29) is 29.3 Å². The molecule has 0 aliphatic carbocycles. The molecule has 0 bridgehead atoms. The number of thioether (sulfide) groups is 1. The number of allylic oxidation sites excluding steroid dienone is 1. The van der Waals surface area contributed by atoms with Gasteiger partial charge in [0.25, 0.3) is 12.3 Å². The predicted molar refractivity (Wildman–Crippen MR) is 253 cm³/mol. The number of aromatic nitrogens is 2. The van der Waals surface area contributed by atoms with E-state index in [1.807, 2.05) is 36.1 Å². The Morgan fingerprint density at radius 1 is 1.02 bits per heavy atom. The summed E-state index contributed by atoms with van der Waals surface area (Å²) in [5.74, 6) is 0.626. The zero-order valence-corrected chi connectivity index (χ0v) is 38.4. The van der Waals surface area contributed by atoms with Crippen molar-refractivity contribution in [3.05, 3.63) is 75.6 Å². The number of rotatable bonds is 16. The lowest BCUT2D eigenvalue weighted by Crippen LogP contribution is -2.42. The zero-order chi connectivity index (χ0) is 45.3. The molecule has 14 nitrogen and oxygen atoms in total. The molecule has 344 valence electrons. The molecule has 1 fully saturated rings. The Morgan fingerprint density at radius 2 is 1.80 bits per heavy atom. The largest absolute Gasteiger partial charge is 0.404 e. The van der Waals surface area contributed by atoms with Crippen LogP contribution in [0.25, 0.3) is 5.57 Å². The van der Waals surface area contributed by atoms with E-state index >= 15 is 0 Å². The molecule has 1 aromatic heterocycles. The number of alkyl halides is 2. The van der Waals surface area contributed by atoms with E-state index in [9.17, 15) is 23.2 Å². The summed E-state index contributed by atoms with van der Waals surface area (Å²) in [7, 11) is 1.59. The highest BCUT2D eigenvalue weighted by atomic mass is 32.2. The number of nitrogens with one attached hydrogen (secondary N) is 3. The third-order valence-electron chi connectivity index (χ3n) is 12.7. The summed E-state index contributed by atoms with van der Waals surface area (Å²) >= 11 is 1.59. The number of aliphatic imine (C=N–C) groups is 2. The first kappa shape index (κ1) is 46.7. The zero-order valence-electron chi connectivity index (χ0n) is 37.6. The molecule has 64 heavy (non-hydrogen) atoms. The lowest BCUT2D eigenvalue weighted by molar-refractivity contribution is -0.129. The Hall–Kier alpha value is -5.29. The van der Waals surface area contributed by atoms with E-state index in [1.54, 1.807) is 31.8 Å². The number of amides is 3. The summed E-state index contributed by atoms with van der Waals surface area (Å²) in [4.78, 5) is 52.8. The topological polar surface area (TPSA) is 166 Å². The number of benzene rings is 2. The van der Waals surface area contributed by atoms with Crippen molar-refractivity contribution >= 4 is 63.6 Å². The number of amidine groups is 1. The quantitative estimate of drug-likeness (QED) is 0.0898. The number of unbranched alkanes of at least 4 members (excludes halogenated alkanes) is 3. The highest BCUT2D eigenvalue weighted by Crippen LogP contribution is 2.43. The van der Waals surface area contributed by atoms with Gasteiger partial charge in [-0.1, -0.05) is 31.5 Å². The van der Waals surface area contributed by atoms with E-state index < -0.39 is 6.43 Å². The van der Waals surface area contributed by atoms with Crippen molar-refractivity contribution in [3.8, 4) is 0 Å². The molecule has 1 atom stereocenters. The summed E-state index contributed by atoms with van der Waals surface area (Å²) in [6.07, 6.45) is 7.93. The number of aryl methyl sites for hydroxylation is 2. The summed E-state index contributed by atoms with van der Waals surface area (Å²) in [6, 6.07) is 9.33. The van der Waals surface area contributed by atoms with Gasteiger partial charge in [-0.15, -0.1) is 0 Å². The summed E-state index contributed by atoms with van der Waals surface area (Å²) in [5.41, 5.74) is 12.9. The molecular weight excluding hydrogens is 837 g/mol. The maximum Gasteiger partial charge on any atom is 0.264 e. The van der Waals surface area contributed by atoms with Crippen molar-refractivity contribution < 1.29 is 23.2 Å². The van der Waals surface area contributed by atoms with Gasteiger partial charge in [-0.05, 0) is 92.5 Å². The minimum Gasteiger partial charge on any atom is -0.404 e. The van der Waals surface area contributed by atoms with E-state index in [2.05, 4.69) is 47.3 Å². The third kappa shape index (κ3) is 11.1. The number of piperidine rings is 1. The predicted octanol–water partition coefficient (Wildman–Crippen LogP) is 6.76. The van der Waals surface area contributed by atoms with Crippen LogP contribution in [0, 0.1) is 6.92 Å². The molecule has 4 aliphatic heterocycles. The summed E-state index contributed by atoms with van der Waals surface area (Å²) < 4.78 is 31.4. The van der Waals surface area contributed by atoms with E-state index in [1.165, 1.54) is 12.4 Å².